The van der Waals surface area contributed by atoms with Crippen LogP contribution in [0.25, 0.3) is 0 Å². The second-order valence-electron chi connectivity index (χ2n) is 6.70. The number of nitrogens with one attached hydrogen (secondary N) is 2. The number of ether oxygens (including phenoxy) is 2. The van der Waals surface area contributed by atoms with Crippen LogP contribution < -0.4 is 16.4 Å². The van der Waals surface area contributed by atoms with Crippen molar-refractivity contribution in [1.82, 2.24) is 5.32 Å². The fourth-order valence-corrected chi connectivity index (χ4v) is 2.28. The fraction of sp³-hybridized carbons (Fsp3) is 0.500. The number of amides is 1. The zero-order valence-electron chi connectivity index (χ0n) is 16.1. The largest absolute Gasteiger partial charge is 0.465 e. The molecule has 0 aliphatic rings. The minimum Gasteiger partial charge on any atom is -0.465 e. The number of rotatable bonds is 6. The Morgan fingerprint density at radius 3 is 2.35 bits per heavy atom. The van der Waals surface area contributed by atoms with Crippen molar-refractivity contribution in [3.05, 3.63) is 23.3 Å². The monoisotopic (exact) mass is 365 g/mol. The van der Waals surface area contributed by atoms with Crippen molar-refractivity contribution < 1.29 is 23.9 Å². The predicted octanol–water partition coefficient (Wildman–Crippen LogP) is 2.58. The van der Waals surface area contributed by atoms with Crippen LogP contribution in [0.15, 0.2) is 12.1 Å². The Morgan fingerprint density at radius 1 is 1.23 bits per heavy atom. The summed E-state index contributed by atoms with van der Waals surface area (Å²) in [6, 6.07) is 2.12. The van der Waals surface area contributed by atoms with E-state index in [0.717, 1.165) is 0 Å². The molecular formula is C18H27N3O5. The van der Waals surface area contributed by atoms with Gasteiger partial charge in [-0.3, -0.25) is 4.79 Å². The van der Waals surface area contributed by atoms with E-state index >= 15 is 0 Å². The third kappa shape index (κ3) is 5.37. The number of hydrogen-bond acceptors (Lipinski definition) is 7. The van der Waals surface area contributed by atoms with E-state index in [1.165, 1.54) is 20.1 Å². The van der Waals surface area contributed by atoms with E-state index in [-0.39, 0.29) is 16.8 Å². The first-order valence-corrected chi connectivity index (χ1v) is 8.30. The number of ketones is 1. The number of esters is 1. The van der Waals surface area contributed by atoms with E-state index in [1.807, 2.05) is 6.92 Å². The van der Waals surface area contributed by atoms with E-state index in [9.17, 15) is 14.4 Å². The minimum atomic E-state index is -0.951. The molecule has 26 heavy (non-hydrogen) atoms. The number of hydrogen-bond donors (Lipinski definition) is 3. The van der Waals surface area contributed by atoms with Gasteiger partial charge in [-0.15, -0.1) is 0 Å². The highest BCUT2D eigenvalue weighted by Gasteiger charge is 2.28. The Morgan fingerprint density at radius 2 is 1.85 bits per heavy atom. The highest BCUT2D eigenvalue weighted by Crippen LogP contribution is 2.28. The molecule has 8 heteroatoms. The van der Waals surface area contributed by atoms with Gasteiger partial charge in [0.1, 0.15) is 5.60 Å². The van der Waals surface area contributed by atoms with Crippen LogP contribution in [0.4, 0.5) is 16.2 Å². The van der Waals surface area contributed by atoms with Gasteiger partial charge in [0.05, 0.1) is 35.7 Å². The van der Waals surface area contributed by atoms with Crippen LogP contribution in [0.1, 0.15) is 55.3 Å². The van der Waals surface area contributed by atoms with Crippen molar-refractivity contribution in [2.45, 2.75) is 46.3 Å². The van der Waals surface area contributed by atoms with Gasteiger partial charge in [-0.2, -0.15) is 0 Å². The van der Waals surface area contributed by atoms with Gasteiger partial charge in [0.2, 0.25) is 0 Å². The van der Waals surface area contributed by atoms with Crippen molar-refractivity contribution >= 4 is 29.2 Å². The average molecular weight is 365 g/mol. The number of anilines is 2. The van der Waals surface area contributed by atoms with Gasteiger partial charge in [0.25, 0.3) is 0 Å². The van der Waals surface area contributed by atoms with E-state index in [2.05, 4.69) is 10.6 Å². The number of methoxy groups -OCH3 is 1. The van der Waals surface area contributed by atoms with Gasteiger partial charge in [0, 0.05) is 6.54 Å². The summed E-state index contributed by atoms with van der Waals surface area (Å²) < 4.78 is 9.88. The quantitative estimate of drug-likeness (QED) is 0.402. The third-order valence-corrected chi connectivity index (χ3v) is 3.39. The summed E-state index contributed by atoms with van der Waals surface area (Å²) in [5.74, 6) is -1.21. The van der Waals surface area contributed by atoms with Gasteiger partial charge in [0.15, 0.2) is 5.78 Å². The smallest absolute Gasteiger partial charge is 0.408 e. The lowest BCUT2D eigenvalue weighted by atomic mass is 9.96. The standard InChI is InChI=1S/C18H27N3O5/c1-7-20-12-9-8-11(16(23)25-6)13(14(12)19)15(22)10(2)21-17(24)26-18(3,4)5/h8-10,20H,7,19H2,1-6H3,(H,21,24)/t10-/m0/s1. The van der Waals surface area contributed by atoms with E-state index in [4.69, 9.17) is 15.2 Å². The normalized spacial score (nSPS) is 12.1. The van der Waals surface area contributed by atoms with Gasteiger partial charge >= 0.3 is 12.1 Å². The maximum atomic E-state index is 12.9. The first kappa shape index (κ1) is 21.3. The second kappa shape index (κ2) is 8.55. The molecule has 8 nitrogen and oxygen atoms in total. The van der Waals surface area contributed by atoms with Crippen molar-refractivity contribution in [1.29, 1.82) is 0 Å². The summed E-state index contributed by atoms with van der Waals surface area (Å²) in [7, 11) is 1.22. The maximum absolute atomic E-state index is 12.9. The molecular weight excluding hydrogens is 338 g/mol. The number of nitrogens with two attached hydrogens (primary N) is 1. The molecule has 1 rings (SSSR count). The van der Waals surface area contributed by atoms with Crippen molar-refractivity contribution in [3.63, 3.8) is 0 Å². The van der Waals surface area contributed by atoms with Crippen LogP contribution in [0.5, 0.6) is 0 Å². The Kier molecular flexibility index (Phi) is 7.00. The third-order valence-electron chi connectivity index (χ3n) is 3.39. The molecule has 0 fully saturated rings. The van der Waals surface area contributed by atoms with Gasteiger partial charge in [-0.05, 0) is 46.8 Å². The summed E-state index contributed by atoms with van der Waals surface area (Å²) in [5, 5.41) is 5.48. The van der Waals surface area contributed by atoms with Crippen molar-refractivity contribution in [2.24, 2.45) is 0 Å². The Balaban J connectivity index is 3.21. The summed E-state index contributed by atoms with van der Waals surface area (Å²) in [4.78, 5) is 36.8. The van der Waals surface area contributed by atoms with Gasteiger partial charge in [-0.25, -0.2) is 9.59 Å². The number of nitrogen functional groups attached to an aromatic ring is 1. The lowest BCUT2D eigenvalue weighted by molar-refractivity contribution is 0.0497. The number of Topliss-reactive ketones (excluding diaryl/α,β-unsaturated/α-hetero) is 1. The second-order valence-corrected chi connectivity index (χ2v) is 6.70. The molecule has 0 aromatic heterocycles. The molecule has 1 amide bonds. The average Bonchev–Trinajstić information content (AvgIpc) is 2.53. The van der Waals surface area contributed by atoms with Crippen LogP contribution in [-0.2, 0) is 9.47 Å². The summed E-state index contributed by atoms with van der Waals surface area (Å²) in [6.45, 7) is 9.10. The van der Waals surface area contributed by atoms with Crippen molar-refractivity contribution in [3.8, 4) is 0 Å². The fourth-order valence-electron chi connectivity index (χ4n) is 2.28. The molecule has 0 unspecified atom stereocenters. The molecule has 0 aliphatic heterocycles. The molecule has 0 saturated carbocycles. The molecule has 1 atom stereocenters. The molecule has 0 radical (unpaired) electrons. The van der Waals surface area contributed by atoms with Crippen LogP contribution in [0.3, 0.4) is 0 Å². The zero-order chi connectivity index (χ0) is 20.1. The van der Waals surface area contributed by atoms with Crippen LogP contribution >= 0.6 is 0 Å². The maximum Gasteiger partial charge on any atom is 0.408 e. The topological polar surface area (TPSA) is 120 Å². The lowest BCUT2D eigenvalue weighted by Crippen LogP contribution is -2.42. The molecule has 0 saturated heterocycles. The van der Waals surface area contributed by atoms with Crippen LogP contribution in [0.2, 0.25) is 0 Å². The first-order chi connectivity index (χ1) is 12.0. The highest BCUT2D eigenvalue weighted by molar-refractivity contribution is 6.14. The van der Waals surface area contributed by atoms with E-state index in [0.29, 0.717) is 12.2 Å². The summed E-state index contributed by atoms with van der Waals surface area (Å²) >= 11 is 0. The molecule has 1 aromatic rings. The molecule has 144 valence electrons. The minimum absolute atomic E-state index is 0.00106. The number of carbonyl (C=O) groups is 3. The molecule has 1 aromatic carbocycles. The molecule has 0 heterocycles. The molecule has 0 aliphatic carbocycles. The molecule has 4 N–H and O–H groups in total. The summed E-state index contributed by atoms with van der Waals surface area (Å²) in [6.07, 6.45) is -0.737. The van der Waals surface area contributed by atoms with Gasteiger partial charge in [-0.1, -0.05) is 0 Å². The Bertz CT molecular complexity index is 695. The molecule has 0 spiro atoms. The number of carbonyl (C=O) groups excluding carboxylic acids is 3. The van der Waals surface area contributed by atoms with Gasteiger partial charge < -0.3 is 25.8 Å². The number of alkyl carbamates (subject to hydrolysis) is 1. The van der Waals surface area contributed by atoms with E-state index in [1.54, 1.807) is 26.8 Å². The molecule has 0 bridgehead atoms. The predicted molar refractivity (Wildman–Crippen MR) is 99.5 cm³/mol. The SMILES string of the molecule is CCNc1ccc(C(=O)OC)c(C(=O)[C@H](C)NC(=O)OC(C)(C)C)c1N. The highest BCUT2D eigenvalue weighted by atomic mass is 16.6. The number of benzene rings is 1. The van der Waals surface area contributed by atoms with E-state index < -0.39 is 29.5 Å². The van der Waals surface area contributed by atoms with Crippen LogP contribution in [0, 0.1) is 0 Å². The van der Waals surface area contributed by atoms with Crippen LogP contribution in [-0.4, -0.2) is 43.1 Å². The Labute approximate surface area is 153 Å². The first-order valence-electron chi connectivity index (χ1n) is 8.30. The Hall–Kier alpha value is -2.77. The zero-order valence-corrected chi connectivity index (χ0v) is 16.1. The lowest BCUT2D eigenvalue weighted by Gasteiger charge is -2.22. The summed E-state index contributed by atoms with van der Waals surface area (Å²) in [5.41, 5.74) is 6.08. The van der Waals surface area contributed by atoms with Crippen molar-refractivity contribution in [2.75, 3.05) is 24.7 Å².